The molecule has 1 heterocycles. The van der Waals surface area contributed by atoms with E-state index in [1.807, 2.05) is 6.92 Å². The van der Waals surface area contributed by atoms with Gasteiger partial charge in [-0.05, 0) is 30.7 Å². The van der Waals surface area contributed by atoms with Gasteiger partial charge in [0.2, 0.25) is 0 Å². The van der Waals surface area contributed by atoms with Crippen molar-refractivity contribution in [3.05, 3.63) is 41.2 Å². The Hall–Kier alpha value is -2.90. The topological polar surface area (TPSA) is 123 Å². The number of nitrogen functional groups attached to an aromatic ring is 1. The van der Waals surface area contributed by atoms with E-state index >= 15 is 0 Å². The standard InChI is InChI=1S/C13H15N5O3/c1-8-6-9(2-3-10(8)14)12(19)15-4-5-18-7-11(13(20)21)16-17-18/h2-3,6-7H,4-5,14H2,1H3,(H,15,19)(H,20,21). The number of hydrogen-bond donors (Lipinski definition) is 3. The van der Waals surface area contributed by atoms with Crippen LogP contribution in [0.4, 0.5) is 5.69 Å². The molecule has 110 valence electrons. The largest absolute Gasteiger partial charge is 0.476 e. The van der Waals surface area contributed by atoms with Gasteiger partial charge in [0.15, 0.2) is 5.69 Å². The maximum absolute atomic E-state index is 11.9. The van der Waals surface area contributed by atoms with Crippen LogP contribution in [0.25, 0.3) is 0 Å². The van der Waals surface area contributed by atoms with Gasteiger partial charge in [0.05, 0.1) is 12.7 Å². The number of benzene rings is 1. The summed E-state index contributed by atoms with van der Waals surface area (Å²) in [6.07, 6.45) is 1.31. The third-order valence-corrected chi connectivity index (χ3v) is 2.92. The van der Waals surface area contributed by atoms with Crippen LogP contribution in [0.5, 0.6) is 0 Å². The van der Waals surface area contributed by atoms with Crippen molar-refractivity contribution < 1.29 is 14.7 Å². The van der Waals surface area contributed by atoms with Gasteiger partial charge in [0.25, 0.3) is 5.91 Å². The number of nitrogens with zero attached hydrogens (tertiary/aromatic N) is 3. The zero-order valence-electron chi connectivity index (χ0n) is 11.4. The number of aryl methyl sites for hydroxylation is 1. The molecular weight excluding hydrogens is 274 g/mol. The SMILES string of the molecule is Cc1cc(C(=O)NCCn2cc(C(=O)O)nn2)ccc1N. The molecule has 0 saturated carbocycles. The average molecular weight is 289 g/mol. The molecule has 1 amide bonds. The molecule has 0 aliphatic heterocycles. The highest BCUT2D eigenvalue weighted by Gasteiger charge is 2.09. The van der Waals surface area contributed by atoms with Gasteiger partial charge in [0, 0.05) is 17.8 Å². The molecule has 21 heavy (non-hydrogen) atoms. The van der Waals surface area contributed by atoms with Crippen molar-refractivity contribution in [2.75, 3.05) is 12.3 Å². The lowest BCUT2D eigenvalue weighted by molar-refractivity contribution is 0.0690. The number of aromatic carboxylic acids is 1. The summed E-state index contributed by atoms with van der Waals surface area (Å²) in [5.74, 6) is -1.36. The van der Waals surface area contributed by atoms with E-state index in [1.54, 1.807) is 18.2 Å². The van der Waals surface area contributed by atoms with Crippen LogP contribution in [-0.4, -0.2) is 38.5 Å². The first kappa shape index (κ1) is 14.5. The van der Waals surface area contributed by atoms with Crippen molar-refractivity contribution >= 4 is 17.6 Å². The first-order valence-corrected chi connectivity index (χ1v) is 6.25. The third kappa shape index (κ3) is 3.56. The monoisotopic (exact) mass is 289 g/mol. The average Bonchev–Trinajstić information content (AvgIpc) is 2.91. The van der Waals surface area contributed by atoms with Gasteiger partial charge in [-0.2, -0.15) is 0 Å². The van der Waals surface area contributed by atoms with E-state index in [1.165, 1.54) is 10.9 Å². The Morgan fingerprint density at radius 2 is 2.19 bits per heavy atom. The second kappa shape index (κ2) is 6.04. The van der Waals surface area contributed by atoms with Crippen molar-refractivity contribution in [2.45, 2.75) is 13.5 Å². The Morgan fingerprint density at radius 1 is 1.43 bits per heavy atom. The van der Waals surface area contributed by atoms with Gasteiger partial charge >= 0.3 is 5.97 Å². The Bertz CT molecular complexity index is 680. The highest BCUT2D eigenvalue weighted by molar-refractivity contribution is 5.94. The predicted octanol–water partition coefficient (Wildman–Crippen LogP) is 0.297. The van der Waals surface area contributed by atoms with E-state index in [4.69, 9.17) is 10.8 Å². The fourth-order valence-corrected chi connectivity index (χ4v) is 1.71. The number of rotatable bonds is 5. The maximum Gasteiger partial charge on any atom is 0.358 e. The molecule has 0 aliphatic rings. The molecule has 8 heteroatoms. The van der Waals surface area contributed by atoms with Crippen LogP contribution < -0.4 is 11.1 Å². The minimum atomic E-state index is -1.14. The Morgan fingerprint density at radius 3 is 2.81 bits per heavy atom. The molecular formula is C13H15N5O3. The van der Waals surface area contributed by atoms with E-state index in [2.05, 4.69) is 15.6 Å². The number of carbonyl (C=O) groups is 2. The number of aromatic nitrogens is 3. The fourth-order valence-electron chi connectivity index (χ4n) is 1.71. The molecule has 0 saturated heterocycles. The first-order valence-electron chi connectivity index (χ1n) is 6.25. The van der Waals surface area contributed by atoms with Crippen molar-refractivity contribution in [3.63, 3.8) is 0 Å². The summed E-state index contributed by atoms with van der Waals surface area (Å²) in [6.45, 7) is 2.47. The van der Waals surface area contributed by atoms with Crippen molar-refractivity contribution in [1.29, 1.82) is 0 Å². The number of carboxylic acids is 1. The van der Waals surface area contributed by atoms with Gasteiger partial charge in [-0.1, -0.05) is 5.21 Å². The molecule has 8 nitrogen and oxygen atoms in total. The summed E-state index contributed by atoms with van der Waals surface area (Å²) in [5, 5.41) is 18.6. The van der Waals surface area contributed by atoms with Gasteiger partial charge in [0.1, 0.15) is 0 Å². The highest BCUT2D eigenvalue weighted by atomic mass is 16.4. The summed E-state index contributed by atoms with van der Waals surface area (Å²) in [7, 11) is 0. The molecule has 4 N–H and O–H groups in total. The number of hydrogen-bond acceptors (Lipinski definition) is 5. The van der Waals surface area contributed by atoms with Crippen LogP contribution in [0.1, 0.15) is 26.4 Å². The molecule has 0 radical (unpaired) electrons. The normalized spacial score (nSPS) is 10.3. The zero-order valence-corrected chi connectivity index (χ0v) is 11.4. The summed E-state index contributed by atoms with van der Waals surface area (Å²) >= 11 is 0. The highest BCUT2D eigenvalue weighted by Crippen LogP contribution is 2.12. The lowest BCUT2D eigenvalue weighted by Gasteiger charge is -2.07. The van der Waals surface area contributed by atoms with Gasteiger partial charge in [-0.15, -0.1) is 5.10 Å². The molecule has 1 aromatic heterocycles. The van der Waals surface area contributed by atoms with E-state index < -0.39 is 5.97 Å². The summed E-state index contributed by atoms with van der Waals surface area (Å²) in [6, 6.07) is 5.04. The van der Waals surface area contributed by atoms with Crippen molar-refractivity contribution in [3.8, 4) is 0 Å². The second-order valence-corrected chi connectivity index (χ2v) is 4.50. The lowest BCUT2D eigenvalue weighted by Crippen LogP contribution is -2.27. The molecule has 0 spiro atoms. The zero-order chi connectivity index (χ0) is 15.4. The Labute approximate surface area is 120 Å². The number of nitrogens with two attached hydrogens (primary N) is 1. The van der Waals surface area contributed by atoms with E-state index in [0.29, 0.717) is 24.3 Å². The maximum atomic E-state index is 11.9. The molecule has 2 rings (SSSR count). The second-order valence-electron chi connectivity index (χ2n) is 4.50. The van der Waals surface area contributed by atoms with Gasteiger partial charge < -0.3 is 16.2 Å². The van der Waals surface area contributed by atoms with E-state index in [0.717, 1.165) is 5.56 Å². The van der Waals surface area contributed by atoms with Crippen molar-refractivity contribution in [1.82, 2.24) is 20.3 Å². The van der Waals surface area contributed by atoms with Gasteiger partial charge in [-0.3, -0.25) is 4.79 Å². The van der Waals surface area contributed by atoms with Crippen LogP contribution in [0, 0.1) is 6.92 Å². The van der Waals surface area contributed by atoms with Crippen LogP contribution in [0.15, 0.2) is 24.4 Å². The number of nitrogens with one attached hydrogen (secondary N) is 1. The Kier molecular flexibility index (Phi) is 4.17. The first-order chi connectivity index (χ1) is 9.97. The molecule has 2 aromatic rings. The third-order valence-electron chi connectivity index (χ3n) is 2.92. The van der Waals surface area contributed by atoms with Crippen molar-refractivity contribution in [2.24, 2.45) is 0 Å². The fraction of sp³-hybridized carbons (Fsp3) is 0.231. The molecule has 0 unspecified atom stereocenters. The quantitative estimate of drug-likeness (QED) is 0.680. The minimum absolute atomic E-state index is 0.129. The summed E-state index contributed by atoms with van der Waals surface area (Å²) < 4.78 is 1.36. The van der Waals surface area contributed by atoms with Crippen LogP contribution >= 0.6 is 0 Å². The molecule has 0 fully saturated rings. The molecule has 0 aliphatic carbocycles. The molecule has 0 atom stereocenters. The van der Waals surface area contributed by atoms with Crippen LogP contribution in [0.3, 0.4) is 0 Å². The van der Waals surface area contributed by atoms with Crippen LogP contribution in [-0.2, 0) is 6.54 Å². The number of anilines is 1. The number of carboxylic acid groups (broad SMARTS) is 1. The number of carbonyl (C=O) groups excluding carboxylic acids is 1. The van der Waals surface area contributed by atoms with E-state index in [9.17, 15) is 9.59 Å². The molecule has 1 aromatic carbocycles. The predicted molar refractivity (Wildman–Crippen MR) is 74.9 cm³/mol. The van der Waals surface area contributed by atoms with Gasteiger partial charge in [-0.25, -0.2) is 9.48 Å². The minimum Gasteiger partial charge on any atom is -0.476 e. The Balaban J connectivity index is 1.88. The lowest BCUT2D eigenvalue weighted by atomic mass is 10.1. The van der Waals surface area contributed by atoms with E-state index in [-0.39, 0.29) is 11.6 Å². The molecule has 0 bridgehead atoms. The smallest absolute Gasteiger partial charge is 0.358 e. The number of amides is 1. The summed E-state index contributed by atoms with van der Waals surface area (Å²) in [5.41, 5.74) is 7.56. The van der Waals surface area contributed by atoms with Crippen LogP contribution in [0.2, 0.25) is 0 Å². The summed E-state index contributed by atoms with van der Waals surface area (Å²) in [4.78, 5) is 22.6.